The van der Waals surface area contributed by atoms with E-state index in [2.05, 4.69) is 22.3 Å². The summed E-state index contributed by atoms with van der Waals surface area (Å²) >= 11 is 0. The quantitative estimate of drug-likeness (QED) is 0.810. The van der Waals surface area contributed by atoms with Crippen molar-refractivity contribution in [2.24, 2.45) is 13.0 Å². The second-order valence-corrected chi connectivity index (χ2v) is 5.30. The normalized spacial score (nSPS) is 30.2. The third-order valence-corrected chi connectivity index (χ3v) is 3.89. The Hall–Kier alpha value is -0.970. The molecule has 0 bridgehead atoms. The topological polar surface area (TPSA) is 63.8 Å². The van der Waals surface area contributed by atoms with Gasteiger partial charge in [0.25, 0.3) is 0 Å². The van der Waals surface area contributed by atoms with Crippen LogP contribution >= 0.6 is 0 Å². The lowest BCUT2D eigenvalue weighted by atomic mass is 9.90. The molecular formula is C12H22N4O. The van der Waals surface area contributed by atoms with Crippen LogP contribution in [0.15, 0.2) is 0 Å². The van der Waals surface area contributed by atoms with Crippen molar-refractivity contribution in [2.45, 2.75) is 57.5 Å². The lowest BCUT2D eigenvalue weighted by molar-refractivity contribution is 0.0222. The molecule has 2 unspecified atom stereocenters. The molecule has 0 saturated heterocycles. The predicted octanol–water partition coefficient (Wildman–Crippen LogP) is 1.47. The van der Waals surface area contributed by atoms with Gasteiger partial charge in [0, 0.05) is 6.42 Å². The van der Waals surface area contributed by atoms with Crippen LogP contribution in [-0.4, -0.2) is 30.9 Å². The van der Waals surface area contributed by atoms with Gasteiger partial charge < -0.3 is 5.11 Å². The van der Waals surface area contributed by atoms with Gasteiger partial charge in [0.15, 0.2) is 5.82 Å². The smallest absolute Gasteiger partial charge is 0.177 e. The highest BCUT2D eigenvalue weighted by Crippen LogP contribution is 2.33. The molecule has 0 amide bonds. The average molecular weight is 238 g/mol. The van der Waals surface area contributed by atoms with Crippen molar-refractivity contribution in [3.8, 4) is 0 Å². The second-order valence-electron chi connectivity index (χ2n) is 5.30. The van der Waals surface area contributed by atoms with Gasteiger partial charge in [0.05, 0.1) is 12.6 Å². The maximum Gasteiger partial charge on any atom is 0.177 e. The van der Waals surface area contributed by atoms with E-state index in [1.807, 2.05) is 0 Å². The minimum absolute atomic E-state index is 0.539. The lowest BCUT2D eigenvalue weighted by Gasteiger charge is -2.25. The first-order valence-corrected chi connectivity index (χ1v) is 6.56. The SMILES string of the molecule is CCC1CCCC(O)(Cc2nnn(C)n2)CC1. The lowest BCUT2D eigenvalue weighted by Crippen LogP contribution is -2.31. The van der Waals surface area contributed by atoms with E-state index < -0.39 is 5.60 Å². The van der Waals surface area contributed by atoms with Crippen molar-refractivity contribution < 1.29 is 5.11 Å². The number of hydrogen-bond donors (Lipinski definition) is 1. The van der Waals surface area contributed by atoms with E-state index in [-0.39, 0.29) is 0 Å². The zero-order valence-electron chi connectivity index (χ0n) is 10.8. The van der Waals surface area contributed by atoms with Crippen LogP contribution in [-0.2, 0) is 13.5 Å². The predicted molar refractivity (Wildman–Crippen MR) is 64.3 cm³/mol. The molecule has 5 nitrogen and oxygen atoms in total. The Balaban J connectivity index is 1.98. The van der Waals surface area contributed by atoms with Crippen molar-refractivity contribution >= 4 is 0 Å². The molecule has 1 saturated carbocycles. The van der Waals surface area contributed by atoms with Gasteiger partial charge in [-0.05, 0) is 30.4 Å². The zero-order chi connectivity index (χ0) is 12.3. The van der Waals surface area contributed by atoms with Crippen LogP contribution < -0.4 is 0 Å². The first kappa shape index (κ1) is 12.5. The number of tetrazole rings is 1. The van der Waals surface area contributed by atoms with E-state index in [9.17, 15) is 5.11 Å². The van der Waals surface area contributed by atoms with E-state index in [0.29, 0.717) is 12.2 Å². The molecule has 2 rings (SSSR count). The van der Waals surface area contributed by atoms with E-state index in [4.69, 9.17) is 0 Å². The fourth-order valence-corrected chi connectivity index (χ4v) is 2.74. The highest BCUT2D eigenvalue weighted by atomic mass is 16.3. The van der Waals surface area contributed by atoms with Crippen LogP contribution in [0.3, 0.4) is 0 Å². The first-order chi connectivity index (χ1) is 8.11. The van der Waals surface area contributed by atoms with Gasteiger partial charge in [-0.1, -0.05) is 26.2 Å². The fraction of sp³-hybridized carbons (Fsp3) is 0.917. The third kappa shape index (κ3) is 3.25. The second kappa shape index (κ2) is 5.12. The highest BCUT2D eigenvalue weighted by molar-refractivity contribution is 4.92. The summed E-state index contributed by atoms with van der Waals surface area (Å²) in [5.41, 5.74) is -0.618. The van der Waals surface area contributed by atoms with Crippen molar-refractivity contribution in [1.29, 1.82) is 0 Å². The minimum Gasteiger partial charge on any atom is -0.389 e. The fourth-order valence-electron chi connectivity index (χ4n) is 2.74. The van der Waals surface area contributed by atoms with Crippen LogP contribution in [0.25, 0.3) is 0 Å². The van der Waals surface area contributed by atoms with Gasteiger partial charge in [-0.2, -0.15) is 4.80 Å². The van der Waals surface area contributed by atoms with Gasteiger partial charge in [0.1, 0.15) is 0 Å². The van der Waals surface area contributed by atoms with Gasteiger partial charge in [-0.25, -0.2) is 0 Å². The van der Waals surface area contributed by atoms with Gasteiger partial charge >= 0.3 is 0 Å². The summed E-state index contributed by atoms with van der Waals surface area (Å²) < 4.78 is 0. The Morgan fingerprint density at radius 2 is 2.24 bits per heavy atom. The molecule has 0 aromatic carbocycles. The van der Waals surface area contributed by atoms with E-state index in [1.54, 1.807) is 7.05 Å². The Bertz CT molecular complexity index is 365. The molecule has 2 atom stereocenters. The summed E-state index contributed by atoms with van der Waals surface area (Å²) in [4.78, 5) is 1.45. The highest BCUT2D eigenvalue weighted by Gasteiger charge is 2.32. The Morgan fingerprint density at radius 1 is 1.41 bits per heavy atom. The van der Waals surface area contributed by atoms with Gasteiger partial charge in [-0.3, -0.25) is 0 Å². The summed E-state index contributed by atoms with van der Waals surface area (Å²) in [6.45, 7) is 2.24. The minimum atomic E-state index is -0.618. The molecular weight excluding hydrogens is 216 g/mol. The van der Waals surface area contributed by atoms with E-state index >= 15 is 0 Å². The molecule has 0 spiro atoms. The molecule has 0 aliphatic heterocycles. The molecule has 17 heavy (non-hydrogen) atoms. The largest absolute Gasteiger partial charge is 0.389 e. The third-order valence-electron chi connectivity index (χ3n) is 3.89. The van der Waals surface area contributed by atoms with Crippen LogP contribution in [0.5, 0.6) is 0 Å². The molecule has 1 heterocycles. The number of rotatable bonds is 3. The molecule has 0 radical (unpaired) electrons. The molecule has 1 N–H and O–H groups in total. The van der Waals surface area contributed by atoms with Crippen molar-refractivity contribution in [3.05, 3.63) is 5.82 Å². The number of nitrogens with zero attached hydrogens (tertiary/aromatic N) is 4. The maximum absolute atomic E-state index is 10.6. The molecule has 96 valence electrons. The Kier molecular flexibility index (Phi) is 3.76. The molecule has 1 aliphatic carbocycles. The van der Waals surface area contributed by atoms with Crippen LogP contribution in [0.2, 0.25) is 0 Å². The number of aliphatic hydroxyl groups is 1. The Morgan fingerprint density at radius 3 is 2.88 bits per heavy atom. The molecule has 5 heteroatoms. The standard InChI is InChI=1S/C12H22N4O/c1-3-10-5-4-7-12(17,8-6-10)9-11-13-15-16(2)14-11/h10,17H,3-9H2,1-2H3. The van der Waals surface area contributed by atoms with Crippen molar-refractivity contribution in [3.63, 3.8) is 0 Å². The summed E-state index contributed by atoms with van der Waals surface area (Å²) in [6, 6.07) is 0. The monoisotopic (exact) mass is 238 g/mol. The number of aryl methyl sites for hydroxylation is 1. The van der Waals surface area contributed by atoms with Crippen molar-refractivity contribution in [2.75, 3.05) is 0 Å². The molecule has 1 aliphatic rings. The van der Waals surface area contributed by atoms with Crippen LogP contribution in [0.4, 0.5) is 0 Å². The first-order valence-electron chi connectivity index (χ1n) is 6.56. The summed E-state index contributed by atoms with van der Waals surface area (Å²) in [7, 11) is 1.75. The molecule has 1 fully saturated rings. The van der Waals surface area contributed by atoms with E-state index in [1.165, 1.54) is 17.6 Å². The molecule has 1 aromatic rings. The summed E-state index contributed by atoms with van der Waals surface area (Å²) in [5.74, 6) is 1.43. The summed E-state index contributed by atoms with van der Waals surface area (Å²) in [5, 5.41) is 22.5. The zero-order valence-corrected chi connectivity index (χ0v) is 10.8. The summed E-state index contributed by atoms with van der Waals surface area (Å²) in [6.07, 6.45) is 6.96. The van der Waals surface area contributed by atoms with Crippen LogP contribution in [0.1, 0.15) is 51.3 Å². The maximum atomic E-state index is 10.6. The number of aromatic nitrogens is 4. The van der Waals surface area contributed by atoms with Gasteiger partial charge in [0.2, 0.25) is 0 Å². The number of hydrogen-bond acceptors (Lipinski definition) is 4. The van der Waals surface area contributed by atoms with Crippen LogP contribution in [0, 0.1) is 5.92 Å². The Labute approximate surface area is 102 Å². The van der Waals surface area contributed by atoms with Gasteiger partial charge in [-0.15, -0.1) is 10.2 Å². The molecule has 1 aromatic heterocycles. The van der Waals surface area contributed by atoms with Crippen molar-refractivity contribution in [1.82, 2.24) is 20.2 Å². The van der Waals surface area contributed by atoms with E-state index in [0.717, 1.165) is 31.6 Å². The average Bonchev–Trinajstić information content (AvgIpc) is 2.59.